The molecule has 1 fully saturated rings. The highest BCUT2D eigenvalue weighted by atomic mass is 16.3. The maximum atomic E-state index is 9.91. The summed E-state index contributed by atoms with van der Waals surface area (Å²) in [5, 5.41) is 11.3. The maximum absolute atomic E-state index is 9.91. The third kappa shape index (κ3) is 3.53. The van der Waals surface area contributed by atoms with Crippen LogP contribution in [-0.4, -0.2) is 40.2 Å². The van der Waals surface area contributed by atoms with Crippen LogP contribution in [-0.2, 0) is 12.8 Å². The Balaban J connectivity index is 1.79. The first-order chi connectivity index (χ1) is 10.4. The normalized spacial score (nSPS) is 20.1. The van der Waals surface area contributed by atoms with Crippen LogP contribution in [0.5, 0.6) is 0 Å². The second kappa shape index (κ2) is 6.05. The summed E-state index contributed by atoms with van der Waals surface area (Å²) in [6.45, 7) is 4.98. The molecule has 0 aliphatic carbocycles. The predicted molar refractivity (Wildman–Crippen MR) is 92.3 cm³/mol. The van der Waals surface area contributed by atoms with Crippen molar-refractivity contribution in [3.8, 4) is 0 Å². The first kappa shape index (κ1) is 15.6. The fourth-order valence-corrected chi connectivity index (χ4v) is 3.49. The quantitative estimate of drug-likeness (QED) is 0.887. The summed E-state index contributed by atoms with van der Waals surface area (Å²) >= 11 is 0. The van der Waals surface area contributed by atoms with Gasteiger partial charge in [-0.05, 0) is 82.8 Å². The number of nitrogens with one attached hydrogen (secondary N) is 1. The zero-order valence-electron chi connectivity index (χ0n) is 14.0. The number of likely N-dealkylation sites (tertiary alicyclic amines) is 1. The molecule has 1 aliphatic heterocycles. The second-order valence-electron chi connectivity index (χ2n) is 7.49. The molecule has 0 amide bonds. The van der Waals surface area contributed by atoms with Gasteiger partial charge in [-0.2, -0.15) is 0 Å². The minimum absolute atomic E-state index is 0.595. The zero-order valence-corrected chi connectivity index (χ0v) is 14.0. The van der Waals surface area contributed by atoms with Gasteiger partial charge in [-0.1, -0.05) is 6.07 Å². The molecule has 0 saturated carbocycles. The highest BCUT2D eigenvalue weighted by Gasteiger charge is 2.22. The number of aliphatic hydroxyl groups is 1. The molecule has 3 nitrogen and oxygen atoms in total. The summed E-state index contributed by atoms with van der Waals surface area (Å²) in [5.74, 6) is 0. The average molecular weight is 300 g/mol. The fraction of sp³-hybridized carbons (Fsp3) is 0.579. The van der Waals surface area contributed by atoms with Gasteiger partial charge in [-0.25, -0.2) is 0 Å². The lowest BCUT2D eigenvalue weighted by molar-refractivity contribution is 0.0714. The summed E-state index contributed by atoms with van der Waals surface area (Å²) in [5.41, 5.74) is 3.37. The summed E-state index contributed by atoms with van der Waals surface area (Å²) in [4.78, 5) is 5.89. The number of hydrogen-bond acceptors (Lipinski definition) is 2. The van der Waals surface area contributed by atoms with Gasteiger partial charge < -0.3 is 15.0 Å². The molecular formula is C19H28N2O. The van der Waals surface area contributed by atoms with Crippen LogP contribution < -0.4 is 0 Å². The number of benzene rings is 1. The van der Waals surface area contributed by atoms with Crippen molar-refractivity contribution >= 4 is 10.9 Å². The number of nitrogens with zero attached hydrogens (tertiary/aromatic N) is 1. The third-order valence-corrected chi connectivity index (χ3v) is 4.98. The van der Waals surface area contributed by atoms with Gasteiger partial charge in [0.1, 0.15) is 0 Å². The van der Waals surface area contributed by atoms with Gasteiger partial charge in [0.15, 0.2) is 0 Å². The number of H-pyrrole nitrogens is 1. The highest BCUT2D eigenvalue weighted by molar-refractivity contribution is 5.84. The number of fused-ring (bicyclic) bond motifs is 1. The molecule has 1 aromatic heterocycles. The van der Waals surface area contributed by atoms with Crippen molar-refractivity contribution in [1.82, 2.24) is 9.88 Å². The molecule has 2 heterocycles. The lowest BCUT2D eigenvalue weighted by Gasteiger charge is -2.19. The lowest BCUT2D eigenvalue weighted by atomic mass is 9.97. The number of likely N-dealkylation sites (N-methyl/N-ethyl adjacent to an activating group) is 1. The molecule has 1 aliphatic rings. The Labute approximate surface area is 133 Å². The van der Waals surface area contributed by atoms with E-state index in [9.17, 15) is 5.11 Å². The molecule has 1 aromatic carbocycles. The van der Waals surface area contributed by atoms with Gasteiger partial charge in [0, 0.05) is 23.1 Å². The SMILES string of the molecule is CN1CCC[C@@H]1Cc1c[nH]c2ccc(CCC(C)(C)O)cc12. The minimum Gasteiger partial charge on any atom is -0.390 e. The molecule has 0 spiro atoms. The van der Waals surface area contributed by atoms with E-state index in [0.717, 1.165) is 19.3 Å². The number of aromatic amines is 1. The zero-order chi connectivity index (χ0) is 15.7. The number of aryl methyl sites for hydroxylation is 1. The topological polar surface area (TPSA) is 39.3 Å². The number of hydrogen-bond donors (Lipinski definition) is 2. The van der Waals surface area contributed by atoms with Crippen molar-refractivity contribution in [2.24, 2.45) is 0 Å². The molecule has 3 heteroatoms. The Hall–Kier alpha value is -1.32. The van der Waals surface area contributed by atoms with Crippen molar-refractivity contribution in [2.45, 2.75) is 57.6 Å². The molecule has 3 rings (SSSR count). The number of rotatable bonds is 5. The third-order valence-electron chi connectivity index (χ3n) is 4.98. The van der Waals surface area contributed by atoms with E-state index in [-0.39, 0.29) is 0 Å². The molecule has 2 N–H and O–H groups in total. The van der Waals surface area contributed by atoms with Gasteiger partial charge in [-0.3, -0.25) is 0 Å². The van der Waals surface area contributed by atoms with E-state index in [0.29, 0.717) is 6.04 Å². The summed E-state index contributed by atoms with van der Waals surface area (Å²) < 4.78 is 0. The Morgan fingerprint density at radius 2 is 2.18 bits per heavy atom. The second-order valence-corrected chi connectivity index (χ2v) is 7.49. The predicted octanol–water partition coefficient (Wildman–Crippen LogP) is 3.51. The van der Waals surface area contributed by atoms with E-state index in [1.807, 2.05) is 13.8 Å². The van der Waals surface area contributed by atoms with Crippen LogP contribution >= 0.6 is 0 Å². The van der Waals surface area contributed by atoms with Gasteiger partial charge >= 0.3 is 0 Å². The molecule has 2 aromatic rings. The van der Waals surface area contributed by atoms with Crippen molar-refractivity contribution in [1.29, 1.82) is 0 Å². The van der Waals surface area contributed by atoms with Gasteiger partial charge in [-0.15, -0.1) is 0 Å². The molecular weight excluding hydrogens is 272 g/mol. The van der Waals surface area contributed by atoms with Crippen LogP contribution in [0.4, 0.5) is 0 Å². The lowest BCUT2D eigenvalue weighted by Crippen LogP contribution is -2.26. The summed E-state index contributed by atoms with van der Waals surface area (Å²) in [6, 6.07) is 7.34. The van der Waals surface area contributed by atoms with Gasteiger partial charge in [0.05, 0.1) is 5.60 Å². The van der Waals surface area contributed by atoms with E-state index in [1.165, 1.54) is 41.4 Å². The van der Waals surface area contributed by atoms with Crippen molar-refractivity contribution in [3.63, 3.8) is 0 Å². The number of aromatic nitrogens is 1. The van der Waals surface area contributed by atoms with Crippen LogP contribution in [0.1, 0.15) is 44.2 Å². The molecule has 0 unspecified atom stereocenters. The van der Waals surface area contributed by atoms with Crippen LogP contribution in [0.25, 0.3) is 10.9 Å². The summed E-state index contributed by atoms with van der Waals surface area (Å²) in [6.07, 6.45) is 7.65. The van der Waals surface area contributed by atoms with Crippen molar-refractivity contribution < 1.29 is 5.11 Å². The monoisotopic (exact) mass is 300 g/mol. The van der Waals surface area contributed by atoms with E-state index >= 15 is 0 Å². The van der Waals surface area contributed by atoms with Crippen LogP contribution in [0.3, 0.4) is 0 Å². The van der Waals surface area contributed by atoms with Gasteiger partial charge in [0.2, 0.25) is 0 Å². The van der Waals surface area contributed by atoms with Crippen LogP contribution in [0.2, 0.25) is 0 Å². The Morgan fingerprint density at radius 1 is 1.36 bits per heavy atom. The van der Waals surface area contributed by atoms with Gasteiger partial charge in [0.25, 0.3) is 0 Å². The Bertz CT molecular complexity index is 638. The molecule has 0 bridgehead atoms. The average Bonchev–Trinajstić information content (AvgIpc) is 3.04. The molecule has 0 radical (unpaired) electrons. The highest BCUT2D eigenvalue weighted by Crippen LogP contribution is 2.26. The first-order valence-corrected chi connectivity index (χ1v) is 8.44. The maximum Gasteiger partial charge on any atom is 0.0594 e. The van der Waals surface area contributed by atoms with Crippen molar-refractivity contribution in [3.05, 3.63) is 35.5 Å². The van der Waals surface area contributed by atoms with E-state index in [1.54, 1.807) is 0 Å². The van der Waals surface area contributed by atoms with Crippen molar-refractivity contribution in [2.75, 3.05) is 13.6 Å². The molecule has 1 saturated heterocycles. The van der Waals surface area contributed by atoms with Crippen LogP contribution in [0, 0.1) is 0 Å². The Kier molecular flexibility index (Phi) is 4.28. The standard InChI is InChI=1S/C19H28N2O/c1-19(2,22)9-8-14-6-7-18-17(11-14)15(13-20-18)12-16-5-4-10-21(16)3/h6-7,11,13,16,20,22H,4-5,8-10,12H2,1-3H3/t16-/m1/s1. The molecule has 22 heavy (non-hydrogen) atoms. The first-order valence-electron chi connectivity index (χ1n) is 8.44. The fourth-order valence-electron chi connectivity index (χ4n) is 3.49. The largest absolute Gasteiger partial charge is 0.390 e. The summed E-state index contributed by atoms with van der Waals surface area (Å²) in [7, 11) is 2.24. The van der Waals surface area contributed by atoms with E-state index in [4.69, 9.17) is 0 Å². The van der Waals surface area contributed by atoms with Crippen LogP contribution in [0.15, 0.2) is 24.4 Å². The van der Waals surface area contributed by atoms with E-state index < -0.39 is 5.60 Å². The van der Waals surface area contributed by atoms with E-state index in [2.05, 4.69) is 41.3 Å². The Morgan fingerprint density at radius 3 is 2.86 bits per heavy atom. The minimum atomic E-state index is -0.595. The molecule has 120 valence electrons. The smallest absolute Gasteiger partial charge is 0.0594 e. The molecule has 1 atom stereocenters.